The van der Waals surface area contributed by atoms with Crippen molar-refractivity contribution in [3.05, 3.63) is 65.1 Å². The molecule has 1 aromatic carbocycles. The fourth-order valence-electron chi connectivity index (χ4n) is 3.81. The molecule has 2 amide bonds. The quantitative estimate of drug-likeness (QED) is 0.353. The molecule has 2 aromatic heterocycles. The zero-order chi connectivity index (χ0) is 25.1. The van der Waals surface area contributed by atoms with Crippen LogP contribution in [0.15, 0.2) is 42.5 Å². The summed E-state index contributed by atoms with van der Waals surface area (Å²) in [4.78, 5) is 30.4. The average Bonchev–Trinajstić information content (AvgIpc) is 3.46. The lowest BCUT2D eigenvalue weighted by molar-refractivity contribution is 0.100. The number of aliphatic hydroxyl groups excluding tert-OH is 2. The van der Waals surface area contributed by atoms with E-state index in [0.29, 0.717) is 39.1 Å². The van der Waals surface area contributed by atoms with Crippen LogP contribution in [-0.4, -0.2) is 58.5 Å². The van der Waals surface area contributed by atoms with Crippen molar-refractivity contribution in [2.75, 3.05) is 31.7 Å². The van der Waals surface area contributed by atoms with Gasteiger partial charge in [0.1, 0.15) is 29.3 Å². The molecule has 3 aromatic rings. The average molecular weight is 501 g/mol. The van der Waals surface area contributed by atoms with Gasteiger partial charge in [-0.05, 0) is 29.8 Å². The van der Waals surface area contributed by atoms with Crippen LogP contribution in [0.4, 0.5) is 20.0 Å². The Hall–Kier alpha value is -3.54. The van der Waals surface area contributed by atoms with Gasteiger partial charge in [0.25, 0.3) is 5.91 Å². The smallest absolute Gasteiger partial charge is 0.410 e. The normalized spacial score (nSPS) is 15.1. The molecule has 5 N–H and O–H groups in total. The second kappa shape index (κ2) is 10.4. The molecule has 3 heterocycles. The van der Waals surface area contributed by atoms with E-state index in [1.165, 1.54) is 17.0 Å². The number of hydrogen-bond acceptors (Lipinski definition) is 8. The molecule has 35 heavy (non-hydrogen) atoms. The summed E-state index contributed by atoms with van der Waals surface area (Å²) in [6, 6.07) is 10.6. The van der Waals surface area contributed by atoms with Gasteiger partial charge in [0.05, 0.1) is 24.4 Å². The summed E-state index contributed by atoms with van der Waals surface area (Å²) < 4.78 is 19.8. The minimum atomic E-state index is -0.690. The van der Waals surface area contributed by atoms with Crippen molar-refractivity contribution >= 4 is 34.2 Å². The SMILES string of the molecule is CC(CO)c1ccc(-c2cc(C(N)=O)c(Nc3cccc(C(CO)N4CCOC4=O)n3)s2)c(F)c1. The van der Waals surface area contributed by atoms with E-state index in [9.17, 15) is 24.2 Å². The van der Waals surface area contributed by atoms with Gasteiger partial charge in [0, 0.05) is 23.0 Å². The number of nitrogens with one attached hydrogen (secondary N) is 1. The molecule has 1 fully saturated rings. The van der Waals surface area contributed by atoms with Gasteiger partial charge in [-0.3, -0.25) is 9.69 Å². The van der Waals surface area contributed by atoms with E-state index in [1.807, 2.05) is 0 Å². The number of aliphatic hydroxyl groups is 2. The van der Waals surface area contributed by atoms with Crippen molar-refractivity contribution in [3.8, 4) is 10.4 Å². The van der Waals surface area contributed by atoms with Gasteiger partial charge in [-0.25, -0.2) is 14.2 Å². The first kappa shape index (κ1) is 24.6. The third-order valence-electron chi connectivity index (χ3n) is 5.79. The van der Waals surface area contributed by atoms with Crippen molar-refractivity contribution in [3.63, 3.8) is 0 Å². The summed E-state index contributed by atoms with van der Waals surface area (Å²) in [6.07, 6.45) is -0.524. The second-order valence-electron chi connectivity index (χ2n) is 8.12. The van der Waals surface area contributed by atoms with Crippen LogP contribution in [0.5, 0.6) is 0 Å². The summed E-state index contributed by atoms with van der Waals surface area (Å²) >= 11 is 1.14. The van der Waals surface area contributed by atoms with Gasteiger partial charge < -0.3 is 26.0 Å². The highest BCUT2D eigenvalue weighted by Crippen LogP contribution is 2.38. The zero-order valence-corrected chi connectivity index (χ0v) is 19.7. The van der Waals surface area contributed by atoms with E-state index in [0.717, 1.165) is 11.3 Å². The predicted molar refractivity (Wildman–Crippen MR) is 129 cm³/mol. The number of nitrogens with zero attached hydrogens (tertiary/aromatic N) is 2. The van der Waals surface area contributed by atoms with Crippen LogP contribution in [-0.2, 0) is 4.74 Å². The third-order valence-corrected chi connectivity index (χ3v) is 6.88. The number of rotatable bonds is 9. The van der Waals surface area contributed by atoms with Gasteiger partial charge >= 0.3 is 6.09 Å². The molecule has 1 aliphatic heterocycles. The summed E-state index contributed by atoms with van der Waals surface area (Å²) in [7, 11) is 0. The Kier molecular flexibility index (Phi) is 7.29. The summed E-state index contributed by atoms with van der Waals surface area (Å²) in [5, 5.41) is 22.6. The van der Waals surface area contributed by atoms with Crippen LogP contribution in [0.2, 0.25) is 0 Å². The Labute approximate surface area is 205 Å². The maximum Gasteiger partial charge on any atom is 0.410 e. The van der Waals surface area contributed by atoms with Gasteiger partial charge in [-0.2, -0.15) is 0 Å². The monoisotopic (exact) mass is 500 g/mol. The number of nitrogens with two attached hydrogens (primary N) is 1. The number of thiophene rings is 1. The van der Waals surface area contributed by atoms with Gasteiger partial charge in [0.2, 0.25) is 0 Å². The Bertz CT molecular complexity index is 1250. The Morgan fingerprint density at radius 2 is 2.09 bits per heavy atom. The number of halogens is 1. The van der Waals surface area contributed by atoms with Crippen molar-refractivity contribution in [2.45, 2.75) is 18.9 Å². The van der Waals surface area contributed by atoms with E-state index in [-0.39, 0.29) is 31.3 Å². The van der Waals surface area contributed by atoms with E-state index in [2.05, 4.69) is 10.3 Å². The molecule has 1 aliphatic rings. The highest BCUT2D eigenvalue weighted by Gasteiger charge is 2.31. The highest BCUT2D eigenvalue weighted by atomic mass is 32.1. The minimum Gasteiger partial charge on any atom is -0.448 e. The second-order valence-corrected chi connectivity index (χ2v) is 9.17. The molecule has 9 nitrogen and oxygen atoms in total. The maximum atomic E-state index is 14.9. The molecular formula is C24H25FN4O5S. The molecule has 1 saturated heterocycles. The molecule has 0 saturated carbocycles. The van der Waals surface area contributed by atoms with E-state index >= 15 is 0 Å². The highest BCUT2D eigenvalue weighted by molar-refractivity contribution is 7.19. The van der Waals surface area contributed by atoms with Crippen LogP contribution < -0.4 is 11.1 Å². The zero-order valence-electron chi connectivity index (χ0n) is 18.9. The maximum absolute atomic E-state index is 14.9. The predicted octanol–water partition coefficient (Wildman–Crippen LogP) is 3.37. The Morgan fingerprint density at radius 3 is 2.71 bits per heavy atom. The van der Waals surface area contributed by atoms with Crippen molar-refractivity contribution < 1.29 is 28.9 Å². The number of amides is 2. The van der Waals surface area contributed by atoms with Crippen LogP contribution >= 0.6 is 11.3 Å². The van der Waals surface area contributed by atoms with Crippen molar-refractivity contribution in [1.29, 1.82) is 0 Å². The van der Waals surface area contributed by atoms with Crippen LogP contribution in [0.25, 0.3) is 10.4 Å². The summed E-state index contributed by atoms with van der Waals surface area (Å²) in [5.41, 5.74) is 7.15. The number of carbonyl (C=O) groups is 2. The number of pyridine rings is 1. The van der Waals surface area contributed by atoms with E-state index in [1.54, 1.807) is 37.3 Å². The number of carbonyl (C=O) groups excluding carboxylic acids is 2. The lowest BCUT2D eigenvalue weighted by Crippen LogP contribution is -2.32. The molecular weight excluding hydrogens is 475 g/mol. The molecule has 4 rings (SSSR count). The Balaban J connectivity index is 1.64. The molecule has 2 atom stereocenters. The largest absolute Gasteiger partial charge is 0.448 e. The topological polar surface area (TPSA) is 138 Å². The van der Waals surface area contributed by atoms with Crippen LogP contribution in [0.3, 0.4) is 0 Å². The third kappa shape index (κ3) is 5.11. The number of aromatic nitrogens is 1. The summed E-state index contributed by atoms with van der Waals surface area (Å²) in [6.45, 7) is 1.93. The van der Waals surface area contributed by atoms with Gasteiger partial charge in [-0.15, -0.1) is 11.3 Å². The lowest BCUT2D eigenvalue weighted by Gasteiger charge is -2.23. The number of hydrogen-bond donors (Lipinski definition) is 4. The molecule has 0 radical (unpaired) electrons. The van der Waals surface area contributed by atoms with Crippen molar-refractivity contribution in [2.24, 2.45) is 5.73 Å². The first-order valence-electron chi connectivity index (χ1n) is 10.9. The lowest BCUT2D eigenvalue weighted by atomic mass is 9.99. The van der Waals surface area contributed by atoms with Gasteiger partial charge in [-0.1, -0.05) is 25.1 Å². The Morgan fingerprint density at radius 1 is 1.29 bits per heavy atom. The number of benzene rings is 1. The number of cyclic esters (lactones) is 1. The molecule has 0 spiro atoms. The standard InChI is InChI=1S/C24H25FN4O5S/c1-13(11-30)14-5-6-15(17(25)9-14)20-10-16(22(26)32)23(35-20)28-21-4-2-3-18(27-21)19(12-31)29-7-8-34-24(29)33/h2-6,9-10,13,19,30-31H,7-8,11-12H2,1H3,(H2,26,32)(H,27,28). The molecule has 0 bridgehead atoms. The minimum absolute atomic E-state index is 0.0974. The van der Waals surface area contributed by atoms with Crippen molar-refractivity contribution in [1.82, 2.24) is 9.88 Å². The molecule has 184 valence electrons. The molecule has 0 aliphatic carbocycles. The number of anilines is 2. The molecule has 11 heteroatoms. The van der Waals surface area contributed by atoms with E-state index in [4.69, 9.17) is 10.5 Å². The van der Waals surface area contributed by atoms with E-state index < -0.39 is 23.9 Å². The fraction of sp³-hybridized carbons (Fsp3) is 0.292. The fourth-order valence-corrected chi connectivity index (χ4v) is 4.90. The molecule has 2 unspecified atom stereocenters. The first-order valence-corrected chi connectivity index (χ1v) is 11.8. The number of ether oxygens (including phenoxy) is 1. The van der Waals surface area contributed by atoms with Crippen LogP contribution in [0.1, 0.15) is 40.5 Å². The first-order chi connectivity index (χ1) is 16.8. The van der Waals surface area contributed by atoms with Crippen LogP contribution in [0, 0.1) is 5.82 Å². The number of primary amides is 1. The van der Waals surface area contributed by atoms with Gasteiger partial charge in [0.15, 0.2) is 0 Å². The summed E-state index contributed by atoms with van der Waals surface area (Å²) in [5.74, 6) is -1.01.